The first kappa shape index (κ1) is 23.8. The van der Waals surface area contributed by atoms with Crippen LogP contribution in [0.3, 0.4) is 0 Å². The van der Waals surface area contributed by atoms with Crippen molar-refractivity contribution in [3.8, 4) is 11.5 Å². The molecule has 35 heavy (non-hydrogen) atoms. The van der Waals surface area contributed by atoms with E-state index in [0.717, 1.165) is 18.2 Å². The molecule has 0 bridgehead atoms. The van der Waals surface area contributed by atoms with Gasteiger partial charge in [0.25, 0.3) is 21.9 Å². The van der Waals surface area contributed by atoms with E-state index in [-0.39, 0.29) is 22.3 Å². The molecule has 0 atom stereocenters. The molecule has 2 aromatic carbocycles. The number of pyridine rings is 1. The third kappa shape index (κ3) is 5.27. The number of ether oxygens (including phenoxy) is 1. The second-order valence-electron chi connectivity index (χ2n) is 6.97. The molecule has 0 saturated heterocycles. The number of carbonyl (C=O) groups excluding carboxylic acids is 1. The third-order valence-electron chi connectivity index (χ3n) is 4.60. The number of rotatable bonds is 6. The van der Waals surface area contributed by atoms with Crippen molar-refractivity contribution in [3.63, 3.8) is 0 Å². The Hall–Kier alpha value is -4.33. The summed E-state index contributed by atoms with van der Waals surface area (Å²) in [4.78, 5) is 19.3. The summed E-state index contributed by atoms with van der Waals surface area (Å²) in [5.41, 5.74) is -0.437. The summed E-state index contributed by atoms with van der Waals surface area (Å²) >= 11 is 0. The molecule has 2 N–H and O–H groups in total. The maximum Gasteiger partial charge on any atom is 0.416 e. The second-order valence-corrected chi connectivity index (χ2v) is 8.65. The number of hydrogen-bond donors (Lipinski definition) is 2. The molecular formula is C21H15F3N6O4S. The van der Waals surface area contributed by atoms with Crippen LogP contribution in [0.1, 0.15) is 15.9 Å². The van der Waals surface area contributed by atoms with Gasteiger partial charge >= 0.3 is 6.18 Å². The number of hydrogen-bond acceptors (Lipinski definition) is 8. The molecule has 4 aromatic rings. The molecule has 0 aliphatic heterocycles. The molecule has 0 saturated carbocycles. The van der Waals surface area contributed by atoms with Crippen LogP contribution >= 0.6 is 0 Å². The fourth-order valence-electron chi connectivity index (χ4n) is 2.94. The first-order chi connectivity index (χ1) is 16.6. The number of alkyl halides is 3. The highest BCUT2D eigenvalue weighted by Gasteiger charge is 2.31. The van der Waals surface area contributed by atoms with Gasteiger partial charge in [-0.15, -0.1) is 10.2 Å². The van der Waals surface area contributed by atoms with Crippen LogP contribution < -0.4 is 14.8 Å². The first-order valence-electron chi connectivity index (χ1n) is 9.75. The molecule has 4 rings (SSSR count). The quantitative estimate of drug-likeness (QED) is 0.408. The van der Waals surface area contributed by atoms with Crippen LogP contribution in [0.4, 0.5) is 19.1 Å². The van der Waals surface area contributed by atoms with Crippen LogP contribution in [0, 0.1) is 0 Å². The fraction of sp³-hybridized carbons (Fsp3) is 0.0952. The standard InChI is InChI=1S/C21H15F3N6O4S/c1-25-19(31)15-11-26-8-7-18(15)34-13-5-6-16-17(10-13)28-29-20(27-16)30-35(32,33)14-4-2-3-12(9-14)21(22,23)24/h2-11H,1H3,(H,25,31)(H,27,29,30). The third-order valence-corrected chi connectivity index (χ3v) is 5.93. The van der Waals surface area contributed by atoms with Crippen molar-refractivity contribution in [3.05, 3.63) is 72.1 Å². The van der Waals surface area contributed by atoms with E-state index in [0.29, 0.717) is 11.8 Å². The van der Waals surface area contributed by atoms with Crippen molar-refractivity contribution < 1.29 is 31.1 Å². The Balaban J connectivity index is 1.58. The van der Waals surface area contributed by atoms with Crippen LogP contribution in [-0.4, -0.2) is 41.5 Å². The lowest BCUT2D eigenvalue weighted by molar-refractivity contribution is -0.137. The lowest BCUT2D eigenvalue weighted by atomic mass is 10.2. The van der Waals surface area contributed by atoms with Crippen molar-refractivity contribution >= 4 is 32.9 Å². The van der Waals surface area contributed by atoms with E-state index in [4.69, 9.17) is 4.74 Å². The number of aromatic nitrogens is 4. The van der Waals surface area contributed by atoms with Crippen LogP contribution in [0.25, 0.3) is 11.0 Å². The predicted octanol–water partition coefficient (Wildman–Crippen LogP) is 3.39. The van der Waals surface area contributed by atoms with Crippen LogP contribution in [0.5, 0.6) is 11.5 Å². The molecular weight excluding hydrogens is 489 g/mol. The zero-order chi connectivity index (χ0) is 25.2. The van der Waals surface area contributed by atoms with E-state index in [1.165, 1.54) is 43.7 Å². The minimum Gasteiger partial charge on any atom is -0.456 e. The van der Waals surface area contributed by atoms with Gasteiger partial charge in [-0.1, -0.05) is 6.07 Å². The van der Waals surface area contributed by atoms with Gasteiger partial charge in [0.15, 0.2) is 0 Å². The van der Waals surface area contributed by atoms with Gasteiger partial charge in [-0.3, -0.25) is 9.78 Å². The second kappa shape index (κ2) is 9.13. The maximum absolute atomic E-state index is 12.9. The molecule has 10 nitrogen and oxygen atoms in total. The van der Waals surface area contributed by atoms with Gasteiger partial charge in [-0.05, 0) is 36.4 Å². The average molecular weight is 504 g/mol. The Bertz CT molecular complexity index is 1530. The Morgan fingerprint density at radius 3 is 2.57 bits per heavy atom. The van der Waals surface area contributed by atoms with Gasteiger partial charge in [0.2, 0.25) is 0 Å². The van der Waals surface area contributed by atoms with E-state index in [1.54, 1.807) is 0 Å². The molecule has 2 aromatic heterocycles. The monoisotopic (exact) mass is 504 g/mol. The Morgan fingerprint density at radius 2 is 1.83 bits per heavy atom. The van der Waals surface area contributed by atoms with Gasteiger partial charge in [0, 0.05) is 25.5 Å². The van der Waals surface area contributed by atoms with E-state index in [1.807, 2.05) is 4.72 Å². The van der Waals surface area contributed by atoms with Gasteiger partial charge in [-0.2, -0.15) is 13.2 Å². The number of nitrogens with one attached hydrogen (secondary N) is 2. The van der Waals surface area contributed by atoms with Crippen LogP contribution in [0.15, 0.2) is 65.8 Å². The highest BCUT2D eigenvalue weighted by molar-refractivity contribution is 7.92. The summed E-state index contributed by atoms with van der Waals surface area (Å²) in [5.74, 6) is -0.292. The Kier molecular flexibility index (Phi) is 6.22. The molecule has 0 unspecified atom stereocenters. The number of fused-ring (bicyclic) bond motifs is 1. The number of anilines is 1. The van der Waals surface area contributed by atoms with Crippen LogP contribution in [0.2, 0.25) is 0 Å². The number of nitrogens with zero attached hydrogens (tertiary/aromatic N) is 4. The molecule has 0 radical (unpaired) electrons. The Morgan fingerprint density at radius 1 is 1.03 bits per heavy atom. The predicted molar refractivity (Wildman–Crippen MR) is 117 cm³/mol. The maximum atomic E-state index is 12.9. The average Bonchev–Trinajstić information content (AvgIpc) is 2.83. The van der Waals surface area contributed by atoms with Crippen molar-refractivity contribution in [2.45, 2.75) is 11.1 Å². The summed E-state index contributed by atoms with van der Waals surface area (Å²) in [5, 5.41) is 10.1. The van der Waals surface area contributed by atoms with Gasteiger partial charge in [-0.25, -0.2) is 18.1 Å². The minimum atomic E-state index is -4.70. The smallest absolute Gasteiger partial charge is 0.416 e. The highest BCUT2D eigenvalue weighted by atomic mass is 32.2. The van der Waals surface area contributed by atoms with Gasteiger partial charge in [0.1, 0.15) is 22.6 Å². The highest BCUT2D eigenvalue weighted by Crippen LogP contribution is 2.31. The molecule has 0 aliphatic rings. The lowest BCUT2D eigenvalue weighted by Gasteiger charge is -2.11. The van der Waals surface area contributed by atoms with Crippen molar-refractivity contribution in [1.29, 1.82) is 0 Å². The number of carbonyl (C=O) groups is 1. The molecule has 14 heteroatoms. The van der Waals surface area contributed by atoms with E-state index in [2.05, 4.69) is 25.5 Å². The first-order valence-corrected chi connectivity index (χ1v) is 11.2. The minimum absolute atomic E-state index is 0.207. The summed E-state index contributed by atoms with van der Waals surface area (Å²) in [6.45, 7) is 0. The Labute approximate surface area is 196 Å². The molecule has 0 aliphatic carbocycles. The molecule has 180 valence electrons. The fourth-order valence-corrected chi connectivity index (χ4v) is 3.93. The van der Waals surface area contributed by atoms with Crippen molar-refractivity contribution in [1.82, 2.24) is 25.5 Å². The van der Waals surface area contributed by atoms with Gasteiger partial charge in [0.05, 0.1) is 16.0 Å². The van der Waals surface area contributed by atoms with Gasteiger partial charge < -0.3 is 10.1 Å². The summed E-state index contributed by atoms with van der Waals surface area (Å²) in [6, 6.07) is 9.22. The number of halogens is 3. The molecule has 2 heterocycles. The van der Waals surface area contributed by atoms with Crippen molar-refractivity contribution in [2.24, 2.45) is 0 Å². The zero-order valence-electron chi connectivity index (χ0n) is 17.7. The van der Waals surface area contributed by atoms with Crippen LogP contribution in [-0.2, 0) is 16.2 Å². The topological polar surface area (TPSA) is 136 Å². The van der Waals surface area contributed by atoms with E-state index in [9.17, 15) is 26.4 Å². The largest absolute Gasteiger partial charge is 0.456 e. The van der Waals surface area contributed by atoms with Crippen molar-refractivity contribution in [2.75, 3.05) is 11.8 Å². The number of amides is 1. The number of sulfonamides is 1. The number of benzene rings is 2. The normalized spacial score (nSPS) is 11.8. The summed E-state index contributed by atoms with van der Waals surface area (Å²) in [6.07, 6.45) is -1.91. The molecule has 0 fully saturated rings. The summed E-state index contributed by atoms with van der Waals surface area (Å²) < 4.78 is 71.6. The summed E-state index contributed by atoms with van der Waals surface area (Å²) in [7, 11) is -2.95. The molecule has 1 amide bonds. The SMILES string of the molecule is CNC(=O)c1cnccc1Oc1ccc2nc(NS(=O)(=O)c3cccc(C(F)(F)F)c3)nnc2c1. The van der Waals surface area contributed by atoms with E-state index < -0.39 is 38.5 Å². The molecule has 0 spiro atoms. The zero-order valence-corrected chi connectivity index (χ0v) is 18.6. The van der Waals surface area contributed by atoms with E-state index >= 15 is 0 Å². The lowest BCUT2D eigenvalue weighted by Crippen LogP contribution is -2.18.